The lowest BCUT2D eigenvalue weighted by Gasteiger charge is -2.26. The highest BCUT2D eigenvalue weighted by Crippen LogP contribution is 2.33. The molecule has 1 aromatic heterocycles. The van der Waals surface area contributed by atoms with Gasteiger partial charge in [0.15, 0.2) is 0 Å². The highest BCUT2D eigenvalue weighted by molar-refractivity contribution is 7.99. The molecule has 1 saturated heterocycles. The average Bonchev–Trinajstić information content (AvgIpc) is 3.33. The van der Waals surface area contributed by atoms with E-state index >= 15 is 0 Å². The number of thioether (sulfide) groups is 1. The zero-order valence-electron chi connectivity index (χ0n) is 16.1. The number of aryl methyl sites for hydroxylation is 1. The minimum Gasteiger partial charge on any atom is -0.497 e. The Balaban J connectivity index is 1.81. The molecular formula is C19H25N3O4S. The number of amides is 1. The fourth-order valence-electron chi connectivity index (χ4n) is 3.12. The smallest absolute Gasteiger partial charge is 0.269 e. The van der Waals surface area contributed by atoms with Crippen molar-refractivity contribution in [3.05, 3.63) is 30.0 Å². The van der Waals surface area contributed by atoms with E-state index in [1.807, 2.05) is 30.0 Å². The summed E-state index contributed by atoms with van der Waals surface area (Å²) in [5, 5.41) is 7.48. The standard InChI is InChI=1S/C19H25N3O4S/c1-22-16(18(23)20-11-19(26-4)7-8-27-12-19)10-15(21-22)14-9-13(24-2)5-6-17(14)25-3/h5-6,9-10H,7-8,11-12H2,1-4H3,(H,20,23). The number of nitrogens with zero attached hydrogens (tertiary/aromatic N) is 2. The third kappa shape index (κ3) is 4.06. The van der Waals surface area contributed by atoms with Crippen molar-refractivity contribution < 1.29 is 19.0 Å². The Bertz CT molecular complexity index is 815. The first kappa shape index (κ1) is 19.6. The molecule has 146 valence electrons. The molecule has 0 spiro atoms. The molecule has 0 saturated carbocycles. The lowest BCUT2D eigenvalue weighted by Crippen LogP contribution is -2.44. The third-order valence-electron chi connectivity index (χ3n) is 4.87. The molecule has 1 aliphatic heterocycles. The number of carbonyl (C=O) groups excluding carboxylic acids is 1. The van der Waals surface area contributed by atoms with Gasteiger partial charge in [-0.1, -0.05) is 0 Å². The minimum absolute atomic E-state index is 0.175. The molecule has 2 heterocycles. The van der Waals surface area contributed by atoms with Crippen molar-refractivity contribution in [1.82, 2.24) is 15.1 Å². The van der Waals surface area contributed by atoms with Crippen molar-refractivity contribution in [3.8, 4) is 22.8 Å². The van der Waals surface area contributed by atoms with E-state index in [4.69, 9.17) is 14.2 Å². The number of nitrogens with one attached hydrogen (secondary N) is 1. The Morgan fingerprint density at radius 2 is 2.11 bits per heavy atom. The van der Waals surface area contributed by atoms with E-state index in [2.05, 4.69) is 10.4 Å². The molecule has 1 amide bonds. The summed E-state index contributed by atoms with van der Waals surface area (Å²) in [6.07, 6.45) is 0.937. The summed E-state index contributed by atoms with van der Waals surface area (Å²) in [4.78, 5) is 12.7. The lowest BCUT2D eigenvalue weighted by atomic mass is 10.0. The molecule has 1 N–H and O–H groups in total. The number of ether oxygens (including phenoxy) is 3. The quantitative estimate of drug-likeness (QED) is 0.781. The van der Waals surface area contributed by atoms with Gasteiger partial charge in [0.1, 0.15) is 17.2 Å². The number of benzene rings is 1. The Hall–Kier alpha value is -2.19. The molecule has 3 rings (SSSR count). The van der Waals surface area contributed by atoms with Gasteiger partial charge in [-0.05, 0) is 36.4 Å². The van der Waals surface area contributed by atoms with E-state index in [9.17, 15) is 4.79 Å². The summed E-state index contributed by atoms with van der Waals surface area (Å²) in [6.45, 7) is 0.484. The minimum atomic E-state index is -0.280. The van der Waals surface area contributed by atoms with E-state index in [1.165, 1.54) is 0 Å². The van der Waals surface area contributed by atoms with Gasteiger partial charge >= 0.3 is 0 Å². The molecule has 1 unspecified atom stereocenters. The van der Waals surface area contributed by atoms with Crippen molar-refractivity contribution in [2.24, 2.45) is 7.05 Å². The van der Waals surface area contributed by atoms with Gasteiger partial charge in [-0.15, -0.1) is 0 Å². The van der Waals surface area contributed by atoms with Gasteiger partial charge < -0.3 is 19.5 Å². The Morgan fingerprint density at radius 1 is 1.30 bits per heavy atom. The number of carbonyl (C=O) groups is 1. The van der Waals surface area contributed by atoms with Crippen LogP contribution in [0.2, 0.25) is 0 Å². The molecule has 1 aliphatic rings. The fourth-order valence-corrected chi connectivity index (χ4v) is 4.52. The molecule has 0 aliphatic carbocycles. The van der Waals surface area contributed by atoms with Crippen LogP contribution in [-0.2, 0) is 11.8 Å². The molecule has 1 fully saturated rings. The average molecular weight is 391 g/mol. The summed E-state index contributed by atoms with van der Waals surface area (Å²) in [5.41, 5.74) is 1.62. The van der Waals surface area contributed by atoms with Crippen LogP contribution < -0.4 is 14.8 Å². The van der Waals surface area contributed by atoms with Gasteiger partial charge in [0, 0.05) is 32.0 Å². The third-order valence-corrected chi connectivity index (χ3v) is 6.09. The number of rotatable bonds is 7. The van der Waals surface area contributed by atoms with Crippen LogP contribution in [-0.4, -0.2) is 60.7 Å². The van der Waals surface area contributed by atoms with E-state index < -0.39 is 0 Å². The van der Waals surface area contributed by atoms with Crippen molar-refractivity contribution in [2.45, 2.75) is 12.0 Å². The second kappa shape index (κ2) is 8.22. The summed E-state index contributed by atoms with van der Waals surface area (Å²) < 4.78 is 18.0. The van der Waals surface area contributed by atoms with E-state index in [-0.39, 0.29) is 11.5 Å². The molecule has 7 nitrogen and oxygen atoms in total. The SMILES string of the molecule is COc1ccc(OC)c(-c2cc(C(=O)NCC3(OC)CCSC3)n(C)n2)c1. The van der Waals surface area contributed by atoms with Gasteiger partial charge in [-0.3, -0.25) is 9.48 Å². The number of hydrogen-bond acceptors (Lipinski definition) is 6. The molecule has 0 radical (unpaired) electrons. The van der Waals surface area contributed by atoms with Crippen LogP contribution in [0.3, 0.4) is 0 Å². The molecule has 27 heavy (non-hydrogen) atoms. The lowest BCUT2D eigenvalue weighted by molar-refractivity contribution is 0.0136. The predicted octanol–water partition coefficient (Wildman–Crippen LogP) is 2.36. The van der Waals surface area contributed by atoms with Crippen LogP contribution in [0.25, 0.3) is 11.3 Å². The molecule has 2 aromatic rings. The largest absolute Gasteiger partial charge is 0.497 e. The van der Waals surface area contributed by atoms with E-state index in [0.29, 0.717) is 29.4 Å². The summed E-state index contributed by atoms with van der Waals surface area (Å²) in [6, 6.07) is 7.25. The topological polar surface area (TPSA) is 74.6 Å². The van der Waals surface area contributed by atoms with Crippen LogP contribution in [0.1, 0.15) is 16.9 Å². The summed E-state index contributed by atoms with van der Waals surface area (Å²) in [5.74, 6) is 3.13. The number of methoxy groups -OCH3 is 3. The van der Waals surface area contributed by atoms with Gasteiger partial charge in [0.25, 0.3) is 5.91 Å². The van der Waals surface area contributed by atoms with Gasteiger partial charge in [-0.2, -0.15) is 16.9 Å². The predicted molar refractivity (Wildman–Crippen MR) is 106 cm³/mol. The van der Waals surface area contributed by atoms with E-state index in [0.717, 1.165) is 23.5 Å². The van der Waals surface area contributed by atoms with Crippen LogP contribution in [0, 0.1) is 0 Å². The maximum atomic E-state index is 12.7. The molecule has 8 heteroatoms. The Labute approximate surface area is 163 Å². The first-order valence-corrected chi connectivity index (χ1v) is 9.85. The van der Waals surface area contributed by atoms with Gasteiger partial charge in [-0.25, -0.2) is 0 Å². The van der Waals surface area contributed by atoms with Crippen molar-refractivity contribution in [2.75, 3.05) is 39.4 Å². The van der Waals surface area contributed by atoms with Gasteiger partial charge in [0.05, 0.1) is 25.5 Å². The van der Waals surface area contributed by atoms with Crippen LogP contribution in [0.5, 0.6) is 11.5 Å². The number of aromatic nitrogens is 2. The normalized spacial score (nSPS) is 19.1. The second-order valence-electron chi connectivity index (χ2n) is 6.48. The van der Waals surface area contributed by atoms with Crippen molar-refractivity contribution in [3.63, 3.8) is 0 Å². The number of hydrogen-bond donors (Lipinski definition) is 1. The van der Waals surface area contributed by atoms with Crippen LogP contribution >= 0.6 is 11.8 Å². The molecule has 1 atom stereocenters. The molecule has 0 bridgehead atoms. The first-order chi connectivity index (χ1) is 13.0. The van der Waals surface area contributed by atoms with Crippen molar-refractivity contribution in [1.29, 1.82) is 0 Å². The molecular weight excluding hydrogens is 366 g/mol. The highest BCUT2D eigenvalue weighted by atomic mass is 32.2. The second-order valence-corrected chi connectivity index (χ2v) is 7.58. The molecule has 1 aromatic carbocycles. The Morgan fingerprint density at radius 3 is 2.74 bits per heavy atom. The zero-order chi connectivity index (χ0) is 19.4. The Kier molecular flexibility index (Phi) is 5.96. The first-order valence-electron chi connectivity index (χ1n) is 8.69. The van der Waals surface area contributed by atoms with Crippen LogP contribution in [0.15, 0.2) is 24.3 Å². The summed E-state index contributed by atoms with van der Waals surface area (Å²) >= 11 is 1.85. The summed E-state index contributed by atoms with van der Waals surface area (Å²) in [7, 11) is 6.67. The van der Waals surface area contributed by atoms with Gasteiger partial charge in [0.2, 0.25) is 0 Å². The van der Waals surface area contributed by atoms with Crippen LogP contribution in [0.4, 0.5) is 0 Å². The maximum Gasteiger partial charge on any atom is 0.269 e. The fraction of sp³-hybridized carbons (Fsp3) is 0.474. The maximum absolute atomic E-state index is 12.7. The van der Waals surface area contributed by atoms with Crippen molar-refractivity contribution >= 4 is 17.7 Å². The zero-order valence-corrected chi connectivity index (χ0v) is 16.9. The highest BCUT2D eigenvalue weighted by Gasteiger charge is 2.35. The van der Waals surface area contributed by atoms with E-state index in [1.54, 1.807) is 39.1 Å². The monoisotopic (exact) mass is 391 g/mol.